The molecular weight excluding hydrogens is 132 g/mol. The summed E-state index contributed by atoms with van der Waals surface area (Å²) in [6, 6.07) is 0. The monoisotopic (exact) mass is 144 g/mol. The molecular formula is C6H12N2O2. The van der Waals surface area contributed by atoms with Gasteiger partial charge in [-0.3, -0.25) is 9.59 Å². The van der Waals surface area contributed by atoms with Crippen molar-refractivity contribution in [2.75, 3.05) is 13.1 Å². The van der Waals surface area contributed by atoms with E-state index in [-0.39, 0.29) is 5.91 Å². The molecule has 0 aliphatic carbocycles. The highest BCUT2D eigenvalue weighted by Gasteiger charge is 1.92. The van der Waals surface area contributed by atoms with Crippen molar-refractivity contribution >= 4 is 12.3 Å². The van der Waals surface area contributed by atoms with E-state index in [1.165, 1.54) is 0 Å². The molecule has 0 aromatic heterocycles. The van der Waals surface area contributed by atoms with Crippen LogP contribution in [0.1, 0.15) is 13.3 Å². The maximum atomic E-state index is 10.5. The Bertz CT molecular complexity index is 114. The van der Waals surface area contributed by atoms with Crippen molar-refractivity contribution in [3.05, 3.63) is 0 Å². The van der Waals surface area contributed by atoms with Gasteiger partial charge in [-0.2, -0.15) is 0 Å². The molecule has 4 heteroatoms. The van der Waals surface area contributed by atoms with Gasteiger partial charge in [0.15, 0.2) is 0 Å². The highest BCUT2D eigenvalue weighted by molar-refractivity contribution is 5.75. The Labute approximate surface area is 60.0 Å². The van der Waals surface area contributed by atoms with Gasteiger partial charge in [-0.25, -0.2) is 0 Å². The van der Waals surface area contributed by atoms with Gasteiger partial charge < -0.3 is 10.6 Å². The van der Waals surface area contributed by atoms with Gasteiger partial charge in [0.05, 0.1) is 0 Å². The number of rotatable bonds is 5. The van der Waals surface area contributed by atoms with Crippen molar-refractivity contribution in [2.24, 2.45) is 0 Å². The van der Waals surface area contributed by atoms with Crippen LogP contribution in [0.3, 0.4) is 0 Å². The van der Waals surface area contributed by atoms with E-state index in [1.54, 1.807) is 6.92 Å². The van der Waals surface area contributed by atoms with E-state index < -0.39 is 0 Å². The van der Waals surface area contributed by atoms with Gasteiger partial charge in [-0.05, 0) is 0 Å². The summed E-state index contributed by atoms with van der Waals surface area (Å²) in [5, 5.41) is 5.04. The zero-order valence-electron chi connectivity index (χ0n) is 6.02. The molecule has 0 aromatic carbocycles. The third-order valence-electron chi connectivity index (χ3n) is 0.996. The first-order chi connectivity index (χ1) is 4.81. The molecule has 0 rings (SSSR count). The minimum atomic E-state index is 0.00713. The summed E-state index contributed by atoms with van der Waals surface area (Å²) in [5.74, 6) is 0.00713. The zero-order chi connectivity index (χ0) is 7.82. The lowest BCUT2D eigenvalue weighted by Gasteiger charge is -2.00. The van der Waals surface area contributed by atoms with Crippen molar-refractivity contribution in [3.8, 4) is 0 Å². The maximum Gasteiger partial charge on any atom is 0.219 e. The molecule has 0 heterocycles. The van der Waals surface area contributed by atoms with Crippen LogP contribution in [0.5, 0.6) is 0 Å². The second-order valence-corrected chi connectivity index (χ2v) is 1.78. The fourth-order valence-corrected chi connectivity index (χ4v) is 0.458. The molecule has 10 heavy (non-hydrogen) atoms. The topological polar surface area (TPSA) is 58.2 Å². The van der Waals surface area contributed by atoms with Crippen molar-refractivity contribution in [1.82, 2.24) is 10.6 Å². The molecule has 2 amide bonds. The van der Waals surface area contributed by atoms with Crippen LogP contribution in [-0.4, -0.2) is 25.4 Å². The van der Waals surface area contributed by atoms with Gasteiger partial charge in [0, 0.05) is 19.5 Å². The average Bonchev–Trinajstić information content (AvgIpc) is 1.98. The van der Waals surface area contributed by atoms with E-state index in [1.807, 2.05) is 0 Å². The highest BCUT2D eigenvalue weighted by Crippen LogP contribution is 1.71. The van der Waals surface area contributed by atoms with Crippen LogP contribution in [0.25, 0.3) is 0 Å². The Hall–Kier alpha value is -1.06. The van der Waals surface area contributed by atoms with Gasteiger partial charge in [0.1, 0.15) is 0 Å². The first kappa shape index (κ1) is 8.94. The van der Waals surface area contributed by atoms with Gasteiger partial charge in [-0.15, -0.1) is 0 Å². The number of carbonyl (C=O) groups is 2. The predicted molar refractivity (Wildman–Crippen MR) is 37.4 cm³/mol. The Kier molecular flexibility index (Phi) is 5.42. The van der Waals surface area contributed by atoms with Gasteiger partial charge in [0.25, 0.3) is 0 Å². The first-order valence-corrected chi connectivity index (χ1v) is 3.25. The van der Waals surface area contributed by atoms with E-state index in [0.29, 0.717) is 25.9 Å². The molecule has 0 aromatic rings. The molecule has 0 saturated carbocycles. The van der Waals surface area contributed by atoms with Crippen LogP contribution in [0, 0.1) is 0 Å². The normalized spacial score (nSPS) is 8.50. The molecule has 0 aliphatic heterocycles. The largest absolute Gasteiger partial charge is 0.357 e. The molecule has 0 saturated heterocycles. The van der Waals surface area contributed by atoms with Gasteiger partial charge in [-0.1, -0.05) is 6.92 Å². The Balaban J connectivity index is 3.03. The summed E-state index contributed by atoms with van der Waals surface area (Å²) in [7, 11) is 0. The van der Waals surface area contributed by atoms with E-state index >= 15 is 0 Å². The molecule has 58 valence electrons. The molecule has 2 N–H and O–H groups in total. The summed E-state index contributed by atoms with van der Waals surface area (Å²) >= 11 is 0. The van der Waals surface area contributed by atoms with Crippen LogP contribution >= 0.6 is 0 Å². The maximum absolute atomic E-state index is 10.5. The molecule has 0 fully saturated rings. The standard InChI is InChI=1S/C6H12N2O2/c1-2-6(10)8-4-3-7-5-9/h5H,2-4H2,1H3,(H,7,9)(H,8,10). The smallest absolute Gasteiger partial charge is 0.219 e. The molecule has 0 aliphatic rings. The summed E-state index contributed by atoms with van der Waals surface area (Å²) in [6.45, 7) is 2.78. The fraction of sp³-hybridized carbons (Fsp3) is 0.667. The van der Waals surface area contributed by atoms with Crippen LogP contribution in [0.2, 0.25) is 0 Å². The van der Waals surface area contributed by atoms with Gasteiger partial charge >= 0.3 is 0 Å². The van der Waals surface area contributed by atoms with Crippen LogP contribution in [-0.2, 0) is 9.59 Å². The minimum Gasteiger partial charge on any atom is -0.357 e. The number of carbonyl (C=O) groups excluding carboxylic acids is 2. The second kappa shape index (κ2) is 6.07. The third-order valence-corrected chi connectivity index (χ3v) is 0.996. The molecule has 0 unspecified atom stereocenters. The van der Waals surface area contributed by atoms with E-state index in [2.05, 4.69) is 10.6 Å². The SMILES string of the molecule is CCC(=O)NCCNC=O. The number of hydrogen-bond acceptors (Lipinski definition) is 2. The molecule has 0 radical (unpaired) electrons. The van der Waals surface area contributed by atoms with Crippen LogP contribution in [0.15, 0.2) is 0 Å². The van der Waals surface area contributed by atoms with E-state index in [4.69, 9.17) is 0 Å². The molecule has 0 spiro atoms. The average molecular weight is 144 g/mol. The summed E-state index contributed by atoms with van der Waals surface area (Å²) in [6.07, 6.45) is 1.10. The number of amides is 2. The Morgan fingerprint density at radius 1 is 1.50 bits per heavy atom. The zero-order valence-corrected chi connectivity index (χ0v) is 6.02. The van der Waals surface area contributed by atoms with Crippen LogP contribution < -0.4 is 10.6 Å². The van der Waals surface area contributed by atoms with E-state index in [9.17, 15) is 9.59 Å². The summed E-state index contributed by atoms with van der Waals surface area (Å²) < 4.78 is 0. The lowest BCUT2D eigenvalue weighted by atomic mass is 10.4. The van der Waals surface area contributed by atoms with E-state index in [0.717, 1.165) is 0 Å². The Morgan fingerprint density at radius 2 is 2.20 bits per heavy atom. The van der Waals surface area contributed by atoms with Gasteiger partial charge in [0.2, 0.25) is 12.3 Å². The number of nitrogens with one attached hydrogen (secondary N) is 2. The lowest BCUT2D eigenvalue weighted by Crippen LogP contribution is -2.30. The summed E-state index contributed by atoms with van der Waals surface area (Å²) in [5.41, 5.74) is 0. The molecule has 0 bridgehead atoms. The highest BCUT2D eigenvalue weighted by atomic mass is 16.1. The number of hydrogen-bond donors (Lipinski definition) is 2. The quantitative estimate of drug-likeness (QED) is 0.394. The van der Waals surface area contributed by atoms with Crippen molar-refractivity contribution in [1.29, 1.82) is 0 Å². The third kappa shape index (κ3) is 5.08. The Morgan fingerprint density at radius 3 is 2.70 bits per heavy atom. The fourth-order valence-electron chi connectivity index (χ4n) is 0.458. The van der Waals surface area contributed by atoms with Crippen molar-refractivity contribution in [2.45, 2.75) is 13.3 Å². The molecule has 0 atom stereocenters. The van der Waals surface area contributed by atoms with Crippen molar-refractivity contribution in [3.63, 3.8) is 0 Å². The summed E-state index contributed by atoms with van der Waals surface area (Å²) in [4.78, 5) is 20.2. The first-order valence-electron chi connectivity index (χ1n) is 3.25. The predicted octanol–water partition coefficient (Wildman–Crippen LogP) is -0.741. The van der Waals surface area contributed by atoms with Crippen LogP contribution in [0.4, 0.5) is 0 Å². The minimum absolute atomic E-state index is 0.00713. The lowest BCUT2D eigenvalue weighted by molar-refractivity contribution is -0.120. The molecule has 4 nitrogen and oxygen atoms in total. The second-order valence-electron chi connectivity index (χ2n) is 1.78. The van der Waals surface area contributed by atoms with Crippen molar-refractivity contribution < 1.29 is 9.59 Å².